The summed E-state index contributed by atoms with van der Waals surface area (Å²) < 4.78 is 37.5. The minimum absolute atomic E-state index is 0.116. The van der Waals surface area contributed by atoms with Gasteiger partial charge in [-0.15, -0.1) is 0 Å². The fraction of sp³-hybridized carbons (Fsp3) is 0.250. The molecule has 0 aliphatic heterocycles. The molecule has 0 saturated carbocycles. The Hall–Kier alpha value is -1.61. The number of hydrogen-bond acceptors (Lipinski definition) is 3. The molecule has 6 heteroatoms. The topological polar surface area (TPSA) is 62.7 Å². The third kappa shape index (κ3) is 1.67. The quantitative estimate of drug-likeness (QED) is 0.788. The van der Waals surface area contributed by atoms with Gasteiger partial charge in [0, 0.05) is 18.3 Å². The Balaban J connectivity index is 3.37. The van der Waals surface area contributed by atoms with E-state index in [0.29, 0.717) is 0 Å². The smallest absolute Gasteiger partial charge is 0.283 e. The highest BCUT2D eigenvalue weighted by molar-refractivity contribution is 5.37. The SMILES string of the molecule is N#Cc1cnc(C(F)F)c(F)c1CN. The molecule has 0 fully saturated rings. The van der Waals surface area contributed by atoms with Crippen molar-refractivity contribution >= 4 is 0 Å². The van der Waals surface area contributed by atoms with E-state index in [-0.39, 0.29) is 17.7 Å². The van der Waals surface area contributed by atoms with Crippen LogP contribution in [0.5, 0.6) is 0 Å². The summed E-state index contributed by atoms with van der Waals surface area (Å²) in [6, 6.07) is 1.63. The Kier molecular flexibility index (Phi) is 3.04. The number of nitriles is 1. The highest BCUT2D eigenvalue weighted by atomic mass is 19.3. The molecule has 1 aromatic rings. The summed E-state index contributed by atoms with van der Waals surface area (Å²) in [5.74, 6) is -1.19. The van der Waals surface area contributed by atoms with Gasteiger partial charge in [-0.3, -0.25) is 4.98 Å². The first-order chi connectivity index (χ1) is 6.61. The van der Waals surface area contributed by atoms with Crippen LogP contribution in [0.25, 0.3) is 0 Å². The maximum absolute atomic E-state index is 13.2. The van der Waals surface area contributed by atoms with Gasteiger partial charge < -0.3 is 5.73 Å². The number of rotatable bonds is 2. The average molecular weight is 201 g/mol. The van der Waals surface area contributed by atoms with Crippen LogP contribution in [0.15, 0.2) is 6.20 Å². The zero-order valence-electron chi connectivity index (χ0n) is 6.97. The van der Waals surface area contributed by atoms with Crippen LogP contribution in [0.3, 0.4) is 0 Å². The first-order valence-corrected chi connectivity index (χ1v) is 3.67. The summed E-state index contributed by atoms with van der Waals surface area (Å²) in [4.78, 5) is 3.15. The number of aromatic nitrogens is 1. The molecule has 3 nitrogen and oxygen atoms in total. The third-order valence-electron chi connectivity index (χ3n) is 1.68. The predicted molar refractivity (Wildman–Crippen MR) is 41.8 cm³/mol. The molecule has 0 amide bonds. The van der Waals surface area contributed by atoms with Gasteiger partial charge in [-0.2, -0.15) is 5.26 Å². The van der Waals surface area contributed by atoms with Crippen LogP contribution in [0, 0.1) is 17.1 Å². The number of pyridine rings is 1. The van der Waals surface area contributed by atoms with Gasteiger partial charge in [-0.05, 0) is 0 Å². The maximum atomic E-state index is 13.2. The van der Waals surface area contributed by atoms with Crippen molar-refractivity contribution in [2.45, 2.75) is 13.0 Å². The maximum Gasteiger partial charge on any atom is 0.283 e. The Morgan fingerprint density at radius 1 is 1.57 bits per heavy atom. The largest absolute Gasteiger partial charge is 0.326 e. The van der Waals surface area contributed by atoms with Gasteiger partial charge in [-0.1, -0.05) is 0 Å². The summed E-state index contributed by atoms with van der Waals surface area (Å²) >= 11 is 0. The molecular formula is C8H6F3N3. The van der Waals surface area contributed by atoms with Gasteiger partial charge in [0.15, 0.2) is 5.82 Å². The van der Waals surface area contributed by atoms with Crippen molar-refractivity contribution in [1.29, 1.82) is 5.26 Å². The minimum atomic E-state index is -3.01. The van der Waals surface area contributed by atoms with Gasteiger partial charge in [-0.25, -0.2) is 13.2 Å². The second-order valence-electron chi connectivity index (χ2n) is 2.47. The lowest BCUT2D eigenvalue weighted by atomic mass is 10.1. The summed E-state index contributed by atoms with van der Waals surface area (Å²) in [6.45, 7) is -0.309. The molecule has 0 aromatic carbocycles. The van der Waals surface area contributed by atoms with Crippen LogP contribution in [-0.4, -0.2) is 4.98 Å². The zero-order valence-corrected chi connectivity index (χ0v) is 6.97. The molecule has 0 saturated heterocycles. The second kappa shape index (κ2) is 4.07. The highest BCUT2D eigenvalue weighted by Crippen LogP contribution is 2.23. The first kappa shape index (κ1) is 10.5. The Bertz CT molecular complexity index is 384. The first-order valence-electron chi connectivity index (χ1n) is 3.67. The summed E-state index contributed by atoms with van der Waals surface area (Å²) in [5.41, 5.74) is 3.82. The van der Waals surface area contributed by atoms with E-state index in [1.54, 1.807) is 6.07 Å². The van der Waals surface area contributed by atoms with Gasteiger partial charge >= 0.3 is 0 Å². The molecule has 0 bridgehead atoms. The van der Waals surface area contributed by atoms with Crippen LogP contribution in [-0.2, 0) is 6.54 Å². The molecule has 14 heavy (non-hydrogen) atoms. The van der Waals surface area contributed by atoms with Crippen molar-refractivity contribution in [1.82, 2.24) is 4.98 Å². The standard InChI is InChI=1S/C8H6F3N3/c9-6-5(2-13)4(1-12)3-14-7(6)8(10)11/h3,8H,2,13H2. The van der Waals surface area contributed by atoms with Crippen LogP contribution in [0.2, 0.25) is 0 Å². The van der Waals surface area contributed by atoms with E-state index in [0.717, 1.165) is 6.20 Å². The molecule has 0 aliphatic carbocycles. The van der Waals surface area contributed by atoms with Gasteiger partial charge in [0.05, 0.1) is 5.56 Å². The van der Waals surface area contributed by atoms with Crippen LogP contribution >= 0.6 is 0 Å². The van der Waals surface area contributed by atoms with Crippen LogP contribution in [0.1, 0.15) is 23.2 Å². The van der Waals surface area contributed by atoms with Crippen molar-refractivity contribution in [3.63, 3.8) is 0 Å². The number of nitrogens with two attached hydrogens (primary N) is 1. The van der Waals surface area contributed by atoms with E-state index in [4.69, 9.17) is 11.0 Å². The van der Waals surface area contributed by atoms with Crippen LogP contribution in [0.4, 0.5) is 13.2 Å². The molecule has 0 radical (unpaired) electrons. The normalized spacial score (nSPS) is 10.3. The van der Waals surface area contributed by atoms with E-state index >= 15 is 0 Å². The minimum Gasteiger partial charge on any atom is -0.326 e. The molecule has 0 spiro atoms. The lowest BCUT2D eigenvalue weighted by Gasteiger charge is -2.06. The molecule has 74 valence electrons. The van der Waals surface area contributed by atoms with Crippen molar-refractivity contribution in [3.8, 4) is 6.07 Å². The van der Waals surface area contributed by atoms with Gasteiger partial charge in [0.1, 0.15) is 11.8 Å². The number of hydrogen-bond donors (Lipinski definition) is 1. The van der Waals surface area contributed by atoms with E-state index in [9.17, 15) is 13.2 Å². The highest BCUT2D eigenvalue weighted by Gasteiger charge is 2.20. The zero-order chi connectivity index (χ0) is 10.7. The predicted octanol–water partition coefficient (Wildman–Crippen LogP) is 1.49. The van der Waals surface area contributed by atoms with E-state index in [1.807, 2.05) is 0 Å². The van der Waals surface area contributed by atoms with E-state index in [1.165, 1.54) is 0 Å². The average Bonchev–Trinajstić information content (AvgIpc) is 2.16. The molecule has 0 atom stereocenters. The Labute approximate surface area is 78.0 Å². The molecule has 1 rings (SSSR count). The monoisotopic (exact) mass is 201 g/mol. The van der Waals surface area contributed by atoms with Gasteiger partial charge in [0.2, 0.25) is 0 Å². The number of nitrogens with zero attached hydrogens (tertiary/aromatic N) is 2. The van der Waals surface area contributed by atoms with Crippen molar-refractivity contribution in [2.75, 3.05) is 0 Å². The molecular weight excluding hydrogens is 195 g/mol. The number of alkyl halides is 2. The van der Waals surface area contributed by atoms with Crippen LogP contribution < -0.4 is 5.73 Å². The molecule has 0 unspecified atom stereocenters. The summed E-state index contributed by atoms with van der Waals surface area (Å²) in [6.07, 6.45) is -2.11. The molecule has 0 aliphatic rings. The summed E-state index contributed by atoms with van der Waals surface area (Å²) in [7, 11) is 0. The molecule has 1 heterocycles. The number of halogens is 3. The second-order valence-corrected chi connectivity index (χ2v) is 2.47. The molecule has 1 aromatic heterocycles. The lowest BCUT2D eigenvalue weighted by molar-refractivity contribution is 0.140. The van der Waals surface area contributed by atoms with E-state index in [2.05, 4.69) is 4.98 Å². The molecule has 2 N–H and O–H groups in total. The Morgan fingerprint density at radius 2 is 2.21 bits per heavy atom. The van der Waals surface area contributed by atoms with Crippen molar-refractivity contribution < 1.29 is 13.2 Å². The summed E-state index contributed by atoms with van der Waals surface area (Å²) in [5, 5.41) is 8.50. The lowest BCUT2D eigenvalue weighted by Crippen LogP contribution is -2.08. The fourth-order valence-corrected chi connectivity index (χ4v) is 0.990. The van der Waals surface area contributed by atoms with Crippen molar-refractivity contribution in [3.05, 3.63) is 28.8 Å². The third-order valence-corrected chi connectivity index (χ3v) is 1.68. The Morgan fingerprint density at radius 3 is 2.64 bits per heavy atom. The van der Waals surface area contributed by atoms with E-state index < -0.39 is 17.9 Å². The van der Waals surface area contributed by atoms with Crippen molar-refractivity contribution in [2.24, 2.45) is 5.73 Å². The fourth-order valence-electron chi connectivity index (χ4n) is 0.990. The van der Waals surface area contributed by atoms with Gasteiger partial charge in [0.25, 0.3) is 6.43 Å².